The van der Waals surface area contributed by atoms with Gasteiger partial charge in [-0.3, -0.25) is 9.48 Å². The smallest absolute Gasteiger partial charge is 0.167 e. The Hall–Kier alpha value is -1.94. The number of carbonyl (C=O) groups is 1. The van der Waals surface area contributed by atoms with Crippen LogP contribution in [0.4, 0.5) is 0 Å². The molecule has 3 aliphatic rings. The molecule has 1 aromatic carbocycles. The van der Waals surface area contributed by atoms with Crippen LogP contribution in [0.3, 0.4) is 0 Å². The van der Waals surface area contributed by atoms with E-state index in [0.29, 0.717) is 18.4 Å². The second-order valence-electron chi connectivity index (χ2n) is 8.48. The Bertz CT molecular complexity index is 803. The number of ketones is 1. The van der Waals surface area contributed by atoms with Crippen molar-refractivity contribution >= 4 is 5.78 Å². The number of nitrogens with one attached hydrogen (secondary N) is 1. The lowest BCUT2D eigenvalue weighted by atomic mass is 9.93. The predicted octanol–water partition coefficient (Wildman–Crippen LogP) is 3.72. The van der Waals surface area contributed by atoms with E-state index in [4.69, 9.17) is 0 Å². The van der Waals surface area contributed by atoms with Crippen LogP contribution in [0.1, 0.15) is 65.9 Å². The first-order valence-corrected chi connectivity index (χ1v) is 10.1. The monoisotopic (exact) mass is 349 g/mol. The first-order chi connectivity index (χ1) is 12.7. The summed E-state index contributed by atoms with van der Waals surface area (Å²) in [4.78, 5) is 12.7. The number of Topliss-reactive ketones (excluding diaryl/α,β-unsaturated/α-hetero) is 1. The zero-order valence-electron chi connectivity index (χ0n) is 15.2. The van der Waals surface area contributed by atoms with E-state index in [-0.39, 0.29) is 5.78 Å². The zero-order valence-corrected chi connectivity index (χ0v) is 15.2. The van der Waals surface area contributed by atoms with E-state index in [1.807, 2.05) is 29.2 Å². The highest BCUT2D eigenvalue weighted by atomic mass is 16.1. The molecular weight excluding hydrogens is 322 g/mol. The fourth-order valence-corrected chi connectivity index (χ4v) is 4.02. The van der Waals surface area contributed by atoms with Crippen LogP contribution in [-0.4, -0.2) is 27.6 Å². The number of carbonyl (C=O) groups excluding carboxylic acids is 1. The van der Waals surface area contributed by atoms with Gasteiger partial charge < -0.3 is 5.32 Å². The van der Waals surface area contributed by atoms with Crippen molar-refractivity contribution in [3.05, 3.63) is 53.3 Å². The highest BCUT2D eigenvalue weighted by Gasteiger charge is 2.40. The molecule has 0 saturated heterocycles. The summed E-state index contributed by atoms with van der Waals surface area (Å²) in [6, 6.07) is 9.64. The summed E-state index contributed by atoms with van der Waals surface area (Å²) in [7, 11) is 0. The average Bonchev–Trinajstić information content (AvgIpc) is 3.51. The molecule has 5 rings (SSSR count). The van der Waals surface area contributed by atoms with Crippen molar-refractivity contribution in [1.82, 2.24) is 15.1 Å². The average molecular weight is 349 g/mol. The van der Waals surface area contributed by atoms with Crippen molar-refractivity contribution in [2.24, 2.45) is 5.92 Å². The van der Waals surface area contributed by atoms with Crippen LogP contribution in [-0.2, 0) is 13.0 Å². The van der Waals surface area contributed by atoms with Crippen LogP contribution >= 0.6 is 0 Å². The minimum absolute atomic E-state index is 0.196. The fraction of sp³-hybridized carbons (Fsp3) is 0.545. The van der Waals surface area contributed by atoms with Gasteiger partial charge in [0.1, 0.15) is 0 Å². The van der Waals surface area contributed by atoms with Crippen molar-refractivity contribution in [1.29, 1.82) is 0 Å². The molecule has 0 bridgehead atoms. The topological polar surface area (TPSA) is 46.9 Å². The van der Waals surface area contributed by atoms with Gasteiger partial charge >= 0.3 is 0 Å². The van der Waals surface area contributed by atoms with Crippen molar-refractivity contribution in [2.75, 3.05) is 0 Å². The Labute approximate surface area is 155 Å². The SMILES string of the molecule is O=C(Cc1cnn(CC2CC2)c1)c1cccc(C2CC2NC2CCC2)c1. The number of rotatable bonds is 8. The molecule has 0 aliphatic heterocycles. The molecular formula is C22H27N3O. The second kappa shape index (κ2) is 6.66. The second-order valence-corrected chi connectivity index (χ2v) is 8.48. The Balaban J connectivity index is 1.20. The summed E-state index contributed by atoms with van der Waals surface area (Å²) in [5, 5.41) is 8.16. The van der Waals surface area contributed by atoms with Crippen LogP contribution in [0.25, 0.3) is 0 Å². The van der Waals surface area contributed by atoms with Gasteiger partial charge in [0.15, 0.2) is 5.78 Å². The van der Waals surface area contributed by atoms with Crippen molar-refractivity contribution in [2.45, 2.75) is 69.5 Å². The van der Waals surface area contributed by atoms with E-state index >= 15 is 0 Å². The molecule has 4 nitrogen and oxygen atoms in total. The maximum atomic E-state index is 12.7. The van der Waals surface area contributed by atoms with Crippen LogP contribution in [0.15, 0.2) is 36.7 Å². The molecule has 3 aliphatic carbocycles. The minimum Gasteiger partial charge on any atom is -0.311 e. The molecule has 0 spiro atoms. The van der Waals surface area contributed by atoms with Crippen LogP contribution in [0.2, 0.25) is 0 Å². The van der Waals surface area contributed by atoms with Gasteiger partial charge in [-0.05, 0) is 55.2 Å². The quantitative estimate of drug-likeness (QED) is 0.739. The van der Waals surface area contributed by atoms with E-state index in [9.17, 15) is 4.79 Å². The molecule has 1 aromatic heterocycles. The molecule has 4 heteroatoms. The number of hydrogen-bond acceptors (Lipinski definition) is 3. The van der Waals surface area contributed by atoms with E-state index in [1.54, 1.807) is 0 Å². The van der Waals surface area contributed by atoms with E-state index < -0.39 is 0 Å². The summed E-state index contributed by atoms with van der Waals surface area (Å²) in [5.74, 6) is 1.58. The standard InChI is InChI=1S/C22H27N3O/c26-22(9-16-12-23-25(14-16)13-15-7-8-15)18-4-1-3-17(10-18)20-11-21(20)24-19-5-2-6-19/h1,3-4,10,12,14-15,19-21,24H,2,5-9,11,13H2. The molecule has 2 atom stereocenters. The first-order valence-electron chi connectivity index (χ1n) is 10.1. The third-order valence-electron chi connectivity index (χ3n) is 6.18. The van der Waals surface area contributed by atoms with Crippen molar-refractivity contribution in [3.8, 4) is 0 Å². The number of aromatic nitrogens is 2. The summed E-state index contributed by atoms with van der Waals surface area (Å²) in [6.07, 6.45) is 12.2. The van der Waals surface area contributed by atoms with Gasteiger partial charge in [-0.15, -0.1) is 0 Å². The Morgan fingerprint density at radius 1 is 1.23 bits per heavy atom. The maximum absolute atomic E-state index is 12.7. The van der Waals surface area contributed by atoms with Crippen LogP contribution in [0.5, 0.6) is 0 Å². The normalized spacial score (nSPS) is 25.1. The molecule has 1 N–H and O–H groups in total. The van der Waals surface area contributed by atoms with Gasteiger partial charge in [0, 0.05) is 42.7 Å². The predicted molar refractivity (Wildman–Crippen MR) is 101 cm³/mol. The Kier molecular flexibility index (Phi) is 4.16. The lowest BCUT2D eigenvalue weighted by molar-refractivity contribution is 0.0993. The summed E-state index contributed by atoms with van der Waals surface area (Å²) in [5.41, 5.74) is 3.18. The van der Waals surface area contributed by atoms with Crippen LogP contribution < -0.4 is 5.32 Å². The van der Waals surface area contributed by atoms with Crippen LogP contribution in [0, 0.1) is 5.92 Å². The van der Waals surface area contributed by atoms with Gasteiger partial charge in [-0.1, -0.05) is 24.6 Å². The van der Waals surface area contributed by atoms with E-state index in [2.05, 4.69) is 22.5 Å². The highest BCUT2D eigenvalue weighted by molar-refractivity contribution is 5.97. The third-order valence-corrected chi connectivity index (χ3v) is 6.18. The molecule has 2 aromatic rings. The lowest BCUT2D eigenvalue weighted by Gasteiger charge is -2.26. The largest absolute Gasteiger partial charge is 0.311 e. The van der Waals surface area contributed by atoms with E-state index in [0.717, 1.165) is 29.6 Å². The molecule has 136 valence electrons. The van der Waals surface area contributed by atoms with Gasteiger partial charge in [-0.2, -0.15) is 5.10 Å². The molecule has 0 radical (unpaired) electrons. The lowest BCUT2D eigenvalue weighted by Crippen LogP contribution is -2.37. The van der Waals surface area contributed by atoms with Gasteiger partial charge in [0.05, 0.1) is 6.20 Å². The minimum atomic E-state index is 0.196. The summed E-state index contributed by atoms with van der Waals surface area (Å²) in [6.45, 7) is 1.00. The van der Waals surface area contributed by atoms with Gasteiger partial charge in [0.2, 0.25) is 0 Å². The highest BCUT2D eigenvalue weighted by Crippen LogP contribution is 2.42. The molecule has 0 amide bonds. The Morgan fingerprint density at radius 2 is 2.12 bits per heavy atom. The maximum Gasteiger partial charge on any atom is 0.167 e. The number of nitrogens with zero attached hydrogens (tertiary/aromatic N) is 2. The summed E-state index contributed by atoms with van der Waals surface area (Å²) < 4.78 is 2.00. The van der Waals surface area contributed by atoms with Gasteiger partial charge in [0.25, 0.3) is 0 Å². The fourth-order valence-electron chi connectivity index (χ4n) is 4.02. The number of hydrogen-bond donors (Lipinski definition) is 1. The van der Waals surface area contributed by atoms with Crippen molar-refractivity contribution in [3.63, 3.8) is 0 Å². The van der Waals surface area contributed by atoms with E-state index in [1.165, 1.54) is 44.1 Å². The van der Waals surface area contributed by atoms with Gasteiger partial charge in [-0.25, -0.2) is 0 Å². The first kappa shape index (κ1) is 16.2. The Morgan fingerprint density at radius 3 is 2.88 bits per heavy atom. The molecule has 3 fully saturated rings. The molecule has 1 heterocycles. The molecule has 3 saturated carbocycles. The van der Waals surface area contributed by atoms with Crippen molar-refractivity contribution < 1.29 is 4.79 Å². The molecule has 2 unspecified atom stereocenters. The molecule has 26 heavy (non-hydrogen) atoms. The third kappa shape index (κ3) is 3.61. The summed E-state index contributed by atoms with van der Waals surface area (Å²) >= 11 is 0. The zero-order chi connectivity index (χ0) is 17.5. The number of benzene rings is 1.